The minimum Gasteiger partial charge on any atom is -0.330 e. The van der Waals surface area contributed by atoms with Crippen molar-refractivity contribution in [2.24, 2.45) is 0 Å². The third-order valence-corrected chi connectivity index (χ3v) is 5.82. The van der Waals surface area contributed by atoms with Crippen molar-refractivity contribution in [1.29, 1.82) is 0 Å². The molecule has 23 heavy (non-hydrogen) atoms. The Bertz CT molecular complexity index is 800. The maximum atomic E-state index is 5.90. The highest BCUT2D eigenvalue weighted by molar-refractivity contribution is 8.00. The van der Waals surface area contributed by atoms with Gasteiger partial charge in [0.1, 0.15) is 0 Å². The number of rotatable bonds is 5. The predicted molar refractivity (Wildman–Crippen MR) is 100 cm³/mol. The molecule has 0 unspecified atom stereocenters. The van der Waals surface area contributed by atoms with Crippen LogP contribution >= 0.6 is 34.7 Å². The normalized spacial score (nSPS) is 10.7. The number of aromatic nitrogens is 2. The summed E-state index contributed by atoms with van der Waals surface area (Å²) >= 11 is 9.15. The lowest BCUT2D eigenvalue weighted by atomic mass is 10.1. The van der Waals surface area contributed by atoms with Crippen LogP contribution in [0.5, 0.6) is 0 Å². The summed E-state index contributed by atoms with van der Waals surface area (Å²) in [6.07, 6.45) is 0. The number of hydrogen-bond acceptors (Lipinski definition) is 5. The highest BCUT2D eigenvalue weighted by atomic mass is 35.5. The van der Waals surface area contributed by atoms with Crippen molar-refractivity contribution in [1.82, 2.24) is 10.2 Å². The van der Waals surface area contributed by atoms with E-state index in [-0.39, 0.29) is 0 Å². The Labute approximate surface area is 149 Å². The average Bonchev–Trinajstić information content (AvgIpc) is 2.99. The second-order valence-corrected chi connectivity index (χ2v) is 7.80. The number of thioether (sulfide) groups is 1. The standard InChI is InChI=1S/C17H16ClN3S2/c1-11-4-3-5-15(12(11)2)19-16-20-21-17(23-16)22-10-13-6-8-14(18)9-7-13/h3-9H,10H2,1-2H3,(H,19,20). The predicted octanol–water partition coefficient (Wildman–Crippen LogP) is 5.84. The van der Waals surface area contributed by atoms with Crippen LogP contribution in [0.1, 0.15) is 16.7 Å². The van der Waals surface area contributed by atoms with Gasteiger partial charge < -0.3 is 5.32 Å². The van der Waals surface area contributed by atoms with Gasteiger partial charge in [-0.1, -0.05) is 59.0 Å². The molecule has 1 N–H and O–H groups in total. The highest BCUT2D eigenvalue weighted by Crippen LogP contribution is 2.31. The summed E-state index contributed by atoms with van der Waals surface area (Å²) in [7, 11) is 0. The molecular weight excluding hydrogens is 346 g/mol. The second-order valence-electron chi connectivity index (χ2n) is 5.16. The van der Waals surface area contributed by atoms with E-state index in [2.05, 4.69) is 41.5 Å². The van der Waals surface area contributed by atoms with Crippen LogP contribution < -0.4 is 5.32 Å². The van der Waals surface area contributed by atoms with Crippen LogP contribution in [0.25, 0.3) is 0 Å². The van der Waals surface area contributed by atoms with E-state index in [0.29, 0.717) is 0 Å². The summed E-state index contributed by atoms with van der Waals surface area (Å²) in [5.41, 5.74) is 4.80. The van der Waals surface area contributed by atoms with E-state index in [0.717, 1.165) is 25.9 Å². The molecule has 3 rings (SSSR count). The van der Waals surface area contributed by atoms with Crippen molar-refractivity contribution in [2.75, 3.05) is 5.32 Å². The number of nitrogens with one attached hydrogen (secondary N) is 1. The van der Waals surface area contributed by atoms with Crippen LogP contribution in [-0.4, -0.2) is 10.2 Å². The Morgan fingerprint density at radius 3 is 2.65 bits per heavy atom. The third kappa shape index (κ3) is 4.25. The fourth-order valence-corrected chi connectivity index (χ4v) is 3.89. The summed E-state index contributed by atoms with van der Waals surface area (Å²) < 4.78 is 0.952. The van der Waals surface area contributed by atoms with Gasteiger partial charge >= 0.3 is 0 Å². The van der Waals surface area contributed by atoms with Gasteiger partial charge in [-0.3, -0.25) is 0 Å². The Morgan fingerprint density at radius 2 is 1.87 bits per heavy atom. The van der Waals surface area contributed by atoms with Gasteiger partial charge in [0, 0.05) is 16.5 Å². The molecule has 0 fully saturated rings. The molecule has 3 aromatic rings. The van der Waals surface area contributed by atoms with Crippen molar-refractivity contribution in [3.05, 3.63) is 64.2 Å². The van der Waals surface area contributed by atoms with Gasteiger partial charge in [0.15, 0.2) is 4.34 Å². The molecule has 0 aliphatic rings. The average molecular weight is 362 g/mol. The van der Waals surface area contributed by atoms with E-state index in [1.165, 1.54) is 16.7 Å². The van der Waals surface area contributed by atoms with Crippen LogP contribution in [0.2, 0.25) is 5.02 Å². The molecule has 0 spiro atoms. The zero-order valence-electron chi connectivity index (χ0n) is 12.8. The van der Waals surface area contributed by atoms with Crippen molar-refractivity contribution in [3.63, 3.8) is 0 Å². The molecule has 0 atom stereocenters. The first kappa shape index (κ1) is 16.3. The fraction of sp³-hybridized carbons (Fsp3) is 0.176. The number of anilines is 2. The van der Waals surface area contributed by atoms with Gasteiger partial charge in [0.05, 0.1) is 0 Å². The third-order valence-electron chi connectivity index (χ3n) is 3.53. The van der Waals surface area contributed by atoms with Crippen LogP contribution in [0.15, 0.2) is 46.8 Å². The van der Waals surface area contributed by atoms with Gasteiger partial charge in [-0.2, -0.15) is 0 Å². The lowest BCUT2D eigenvalue weighted by molar-refractivity contribution is 1.01. The van der Waals surface area contributed by atoms with E-state index in [4.69, 9.17) is 11.6 Å². The molecule has 0 radical (unpaired) electrons. The molecule has 0 saturated heterocycles. The molecule has 0 bridgehead atoms. The Morgan fingerprint density at radius 1 is 1.09 bits per heavy atom. The van der Waals surface area contributed by atoms with Gasteiger partial charge in [0.25, 0.3) is 0 Å². The topological polar surface area (TPSA) is 37.8 Å². The van der Waals surface area contributed by atoms with Crippen LogP contribution in [0.3, 0.4) is 0 Å². The molecule has 2 aromatic carbocycles. The largest absolute Gasteiger partial charge is 0.330 e. The molecule has 0 amide bonds. The molecule has 0 aliphatic carbocycles. The minimum atomic E-state index is 0.759. The van der Waals surface area contributed by atoms with Gasteiger partial charge in [-0.25, -0.2) is 0 Å². The number of aryl methyl sites for hydroxylation is 1. The van der Waals surface area contributed by atoms with E-state index < -0.39 is 0 Å². The van der Waals surface area contributed by atoms with Crippen molar-refractivity contribution in [3.8, 4) is 0 Å². The second kappa shape index (κ2) is 7.34. The van der Waals surface area contributed by atoms with E-state index in [1.807, 2.05) is 30.3 Å². The zero-order valence-corrected chi connectivity index (χ0v) is 15.2. The SMILES string of the molecule is Cc1cccc(Nc2nnc(SCc3ccc(Cl)cc3)s2)c1C. The molecule has 118 valence electrons. The maximum absolute atomic E-state index is 5.90. The molecule has 0 aliphatic heterocycles. The summed E-state index contributed by atoms with van der Waals surface area (Å²) in [6, 6.07) is 14.1. The maximum Gasteiger partial charge on any atom is 0.210 e. The molecule has 6 heteroatoms. The Hall–Kier alpha value is -1.56. The first-order chi connectivity index (χ1) is 11.1. The number of halogens is 1. The molecular formula is C17H16ClN3S2. The lowest BCUT2D eigenvalue weighted by Crippen LogP contribution is -1.94. The monoisotopic (exact) mass is 361 g/mol. The van der Waals surface area contributed by atoms with Crippen LogP contribution in [-0.2, 0) is 5.75 Å². The summed E-state index contributed by atoms with van der Waals surface area (Å²) in [4.78, 5) is 0. The van der Waals surface area contributed by atoms with Crippen molar-refractivity contribution in [2.45, 2.75) is 23.9 Å². The number of hydrogen-bond donors (Lipinski definition) is 1. The number of nitrogens with zero attached hydrogens (tertiary/aromatic N) is 2. The molecule has 0 saturated carbocycles. The highest BCUT2D eigenvalue weighted by Gasteiger charge is 2.07. The van der Waals surface area contributed by atoms with Crippen molar-refractivity contribution >= 4 is 45.5 Å². The Kier molecular flexibility index (Phi) is 5.20. The molecule has 1 aromatic heterocycles. The first-order valence-corrected chi connectivity index (χ1v) is 9.34. The van der Waals surface area contributed by atoms with Gasteiger partial charge in [-0.15, -0.1) is 10.2 Å². The quantitative estimate of drug-likeness (QED) is 0.579. The van der Waals surface area contributed by atoms with E-state index in [9.17, 15) is 0 Å². The van der Waals surface area contributed by atoms with Crippen LogP contribution in [0.4, 0.5) is 10.8 Å². The lowest BCUT2D eigenvalue weighted by Gasteiger charge is -2.08. The molecule has 1 heterocycles. The van der Waals surface area contributed by atoms with Gasteiger partial charge in [0.2, 0.25) is 5.13 Å². The van der Waals surface area contributed by atoms with E-state index >= 15 is 0 Å². The van der Waals surface area contributed by atoms with Crippen LogP contribution in [0, 0.1) is 13.8 Å². The van der Waals surface area contributed by atoms with E-state index in [1.54, 1.807) is 23.1 Å². The smallest absolute Gasteiger partial charge is 0.210 e. The summed E-state index contributed by atoms with van der Waals surface area (Å²) in [5, 5.41) is 13.4. The Balaban J connectivity index is 1.64. The fourth-order valence-electron chi connectivity index (χ4n) is 2.05. The first-order valence-electron chi connectivity index (χ1n) is 7.16. The summed E-state index contributed by atoms with van der Waals surface area (Å²) in [5.74, 6) is 0.856. The van der Waals surface area contributed by atoms with Crippen molar-refractivity contribution < 1.29 is 0 Å². The molecule has 3 nitrogen and oxygen atoms in total. The minimum absolute atomic E-state index is 0.759. The summed E-state index contributed by atoms with van der Waals surface area (Å²) in [6.45, 7) is 4.21. The zero-order chi connectivity index (χ0) is 16.2. The van der Waals surface area contributed by atoms with Gasteiger partial charge in [-0.05, 0) is 48.7 Å². The number of benzene rings is 2.